The van der Waals surface area contributed by atoms with E-state index in [1.807, 2.05) is 67.1 Å². The Bertz CT molecular complexity index is 960. The molecule has 0 radical (unpaired) electrons. The SMILES string of the molecule is CCOc1cccc(/C=N/NC(=O)c2cc3ccccc3n2C)c1OC. The first-order valence-electron chi connectivity index (χ1n) is 8.33. The smallest absolute Gasteiger partial charge is 0.287 e. The Balaban J connectivity index is 1.79. The number of amides is 1. The lowest BCUT2D eigenvalue weighted by molar-refractivity contribution is 0.0947. The summed E-state index contributed by atoms with van der Waals surface area (Å²) in [4.78, 5) is 12.4. The number of hydrogen-bond acceptors (Lipinski definition) is 4. The highest BCUT2D eigenvalue weighted by molar-refractivity contribution is 5.99. The van der Waals surface area contributed by atoms with E-state index < -0.39 is 0 Å². The monoisotopic (exact) mass is 351 g/mol. The van der Waals surface area contributed by atoms with Gasteiger partial charge in [0.1, 0.15) is 5.69 Å². The Labute approximate surface area is 152 Å². The van der Waals surface area contributed by atoms with Gasteiger partial charge in [0.15, 0.2) is 11.5 Å². The van der Waals surface area contributed by atoms with E-state index in [4.69, 9.17) is 9.47 Å². The summed E-state index contributed by atoms with van der Waals surface area (Å²) < 4.78 is 12.8. The van der Waals surface area contributed by atoms with Crippen LogP contribution in [-0.2, 0) is 7.05 Å². The largest absolute Gasteiger partial charge is 0.492 e. The van der Waals surface area contributed by atoms with Crippen LogP contribution >= 0.6 is 0 Å². The maximum atomic E-state index is 12.4. The second-order valence-corrected chi connectivity index (χ2v) is 5.66. The molecule has 3 rings (SSSR count). The molecule has 26 heavy (non-hydrogen) atoms. The van der Waals surface area contributed by atoms with Crippen molar-refractivity contribution < 1.29 is 14.3 Å². The highest BCUT2D eigenvalue weighted by Gasteiger charge is 2.13. The van der Waals surface area contributed by atoms with Crippen molar-refractivity contribution in [2.24, 2.45) is 12.1 Å². The molecular formula is C20H21N3O3. The van der Waals surface area contributed by atoms with Crippen LogP contribution in [0.3, 0.4) is 0 Å². The van der Waals surface area contributed by atoms with Gasteiger partial charge in [0.25, 0.3) is 5.91 Å². The summed E-state index contributed by atoms with van der Waals surface area (Å²) in [5.41, 5.74) is 4.82. The van der Waals surface area contributed by atoms with Crippen LogP contribution in [0.25, 0.3) is 10.9 Å². The Morgan fingerprint density at radius 3 is 2.77 bits per heavy atom. The van der Waals surface area contributed by atoms with Crippen LogP contribution in [0.5, 0.6) is 11.5 Å². The van der Waals surface area contributed by atoms with Crippen LogP contribution < -0.4 is 14.9 Å². The lowest BCUT2D eigenvalue weighted by Crippen LogP contribution is -2.20. The second kappa shape index (κ2) is 7.74. The van der Waals surface area contributed by atoms with Gasteiger partial charge in [-0.3, -0.25) is 4.79 Å². The van der Waals surface area contributed by atoms with Crippen LogP contribution in [-0.4, -0.2) is 30.4 Å². The van der Waals surface area contributed by atoms with Gasteiger partial charge in [-0.2, -0.15) is 5.10 Å². The van der Waals surface area contributed by atoms with Crippen molar-refractivity contribution in [2.75, 3.05) is 13.7 Å². The first kappa shape index (κ1) is 17.5. The Hall–Kier alpha value is -3.28. The molecule has 134 valence electrons. The van der Waals surface area contributed by atoms with Crippen molar-refractivity contribution >= 4 is 23.0 Å². The number of nitrogens with zero attached hydrogens (tertiary/aromatic N) is 2. The standard InChI is InChI=1S/C20H21N3O3/c1-4-26-18-11-7-9-15(19(18)25-3)13-21-22-20(24)17-12-14-8-5-6-10-16(14)23(17)2/h5-13H,4H2,1-3H3,(H,22,24)/b21-13+. The van der Waals surface area contributed by atoms with Gasteiger partial charge < -0.3 is 14.0 Å². The third kappa shape index (κ3) is 3.39. The van der Waals surface area contributed by atoms with E-state index in [0.717, 1.165) is 16.5 Å². The molecule has 2 aromatic carbocycles. The summed E-state index contributed by atoms with van der Waals surface area (Å²) >= 11 is 0. The summed E-state index contributed by atoms with van der Waals surface area (Å²) in [6.45, 7) is 2.44. The second-order valence-electron chi connectivity index (χ2n) is 5.66. The molecule has 0 atom stereocenters. The number of fused-ring (bicyclic) bond motifs is 1. The number of ether oxygens (including phenoxy) is 2. The fourth-order valence-corrected chi connectivity index (χ4v) is 2.85. The number of rotatable bonds is 6. The van der Waals surface area contributed by atoms with E-state index in [0.29, 0.717) is 23.8 Å². The number of hydrazone groups is 1. The summed E-state index contributed by atoms with van der Waals surface area (Å²) in [7, 11) is 3.43. The van der Waals surface area contributed by atoms with Crippen LogP contribution in [0.1, 0.15) is 23.0 Å². The fourth-order valence-electron chi connectivity index (χ4n) is 2.85. The zero-order valence-corrected chi connectivity index (χ0v) is 15.0. The zero-order valence-electron chi connectivity index (χ0n) is 15.0. The van der Waals surface area contributed by atoms with Crippen molar-refractivity contribution in [1.29, 1.82) is 0 Å². The third-order valence-electron chi connectivity index (χ3n) is 4.07. The average molecular weight is 351 g/mol. The molecule has 0 aliphatic heterocycles. The number of benzene rings is 2. The van der Waals surface area contributed by atoms with E-state index >= 15 is 0 Å². The van der Waals surface area contributed by atoms with Gasteiger partial charge in [0, 0.05) is 23.5 Å². The summed E-state index contributed by atoms with van der Waals surface area (Å²) in [5, 5.41) is 5.08. The Morgan fingerprint density at radius 2 is 2.04 bits per heavy atom. The molecule has 1 aromatic heterocycles. The molecule has 0 spiro atoms. The number of nitrogens with one attached hydrogen (secondary N) is 1. The normalized spacial score (nSPS) is 11.0. The molecule has 0 unspecified atom stereocenters. The molecule has 0 aliphatic rings. The quantitative estimate of drug-likeness (QED) is 0.547. The predicted molar refractivity (Wildman–Crippen MR) is 102 cm³/mol. The van der Waals surface area contributed by atoms with Gasteiger partial charge in [-0.15, -0.1) is 0 Å². The van der Waals surface area contributed by atoms with Gasteiger partial charge >= 0.3 is 0 Å². The van der Waals surface area contributed by atoms with Crippen molar-refractivity contribution in [3.05, 3.63) is 59.8 Å². The molecule has 0 aliphatic carbocycles. The minimum absolute atomic E-state index is 0.278. The summed E-state index contributed by atoms with van der Waals surface area (Å²) in [5.74, 6) is 0.941. The molecule has 0 saturated heterocycles. The van der Waals surface area contributed by atoms with Crippen molar-refractivity contribution in [3.8, 4) is 11.5 Å². The molecule has 0 bridgehead atoms. The summed E-state index contributed by atoms with van der Waals surface area (Å²) in [6.07, 6.45) is 1.54. The van der Waals surface area contributed by atoms with Gasteiger partial charge in [0.2, 0.25) is 0 Å². The van der Waals surface area contributed by atoms with E-state index in [2.05, 4.69) is 10.5 Å². The molecule has 0 saturated carbocycles. The molecule has 1 heterocycles. The molecule has 6 heteroatoms. The minimum atomic E-state index is -0.278. The van der Waals surface area contributed by atoms with E-state index in [9.17, 15) is 4.79 Å². The number of aryl methyl sites for hydroxylation is 1. The maximum Gasteiger partial charge on any atom is 0.287 e. The molecular weight excluding hydrogens is 330 g/mol. The van der Waals surface area contributed by atoms with Crippen LogP contribution in [0.2, 0.25) is 0 Å². The van der Waals surface area contributed by atoms with Gasteiger partial charge in [0.05, 0.1) is 19.9 Å². The fraction of sp³-hybridized carbons (Fsp3) is 0.200. The lowest BCUT2D eigenvalue weighted by atomic mass is 10.2. The molecule has 0 fully saturated rings. The number of methoxy groups -OCH3 is 1. The number of aromatic nitrogens is 1. The number of carbonyl (C=O) groups excluding carboxylic acids is 1. The topological polar surface area (TPSA) is 64.8 Å². The molecule has 3 aromatic rings. The highest BCUT2D eigenvalue weighted by atomic mass is 16.5. The first-order valence-corrected chi connectivity index (χ1v) is 8.33. The first-order chi connectivity index (χ1) is 12.7. The van der Waals surface area contributed by atoms with Crippen LogP contribution in [0.15, 0.2) is 53.6 Å². The van der Waals surface area contributed by atoms with Crippen molar-refractivity contribution in [2.45, 2.75) is 6.92 Å². The lowest BCUT2D eigenvalue weighted by Gasteiger charge is -2.11. The number of carbonyl (C=O) groups is 1. The van der Waals surface area contributed by atoms with Crippen molar-refractivity contribution in [1.82, 2.24) is 9.99 Å². The Kier molecular flexibility index (Phi) is 5.22. The molecule has 1 N–H and O–H groups in total. The van der Waals surface area contributed by atoms with E-state index in [1.54, 1.807) is 13.3 Å². The summed E-state index contributed by atoms with van der Waals surface area (Å²) in [6, 6.07) is 15.2. The van der Waals surface area contributed by atoms with Crippen molar-refractivity contribution in [3.63, 3.8) is 0 Å². The average Bonchev–Trinajstić information content (AvgIpc) is 2.99. The number of para-hydroxylation sites is 2. The minimum Gasteiger partial charge on any atom is -0.492 e. The maximum absolute atomic E-state index is 12.4. The van der Waals surface area contributed by atoms with Gasteiger partial charge in [-0.25, -0.2) is 5.43 Å². The highest BCUT2D eigenvalue weighted by Crippen LogP contribution is 2.29. The van der Waals surface area contributed by atoms with Crippen LogP contribution in [0, 0.1) is 0 Å². The third-order valence-corrected chi connectivity index (χ3v) is 4.07. The van der Waals surface area contributed by atoms with E-state index in [-0.39, 0.29) is 5.91 Å². The van der Waals surface area contributed by atoms with Gasteiger partial charge in [-0.05, 0) is 31.2 Å². The molecule has 6 nitrogen and oxygen atoms in total. The predicted octanol–water partition coefficient (Wildman–Crippen LogP) is 3.35. The van der Waals surface area contributed by atoms with Crippen LogP contribution in [0.4, 0.5) is 0 Å². The zero-order chi connectivity index (χ0) is 18.5. The van der Waals surface area contributed by atoms with Gasteiger partial charge in [-0.1, -0.05) is 24.3 Å². The van der Waals surface area contributed by atoms with E-state index in [1.165, 1.54) is 0 Å². The Morgan fingerprint density at radius 1 is 1.23 bits per heavy atom. The molecule has 1 amide bonds. The number of hydrogen-bond donors (Lipinski definition) is 1.